The van der Waals surface area contributed by atoms with Crippen LogP contribution in [0.1, 0.15) is 24.2 Å². The van der Waals surface area contributed by atoms with Crippen LogP contribution in [-0.4, -0.2) is 42.8 Å². The minimum absolute atomic E-state index is 0.0395. The van der Waals surface area contributed by atoms with Gasteiger partial charge in [0.05, 0.1) is 11.0 Å². The molecule has 5 heteroatoms. The van der Waals surface area contributed by atoms with Gasteiger partial charge in [0.15, 0.2) is 9.84 Å². The Kier molecular flexibility index (Phi) is 3.68. The Balaban J connectivity index is 1.92. The predicted molar refractivity (Wildman–Crippen MR) is 87.7 cm³/mol. The number of sulfone groups is 1. The van der Waals surface area contributed by atoms with Gasteiger partial charge in [0.2, 0.25) is 0 Å². The highest BCUT2D eigenvalue weighted by Crippen LogP contribution is 2.23. The molecule has 2 aromatic rings. The van der Waals surface area contributed by atoms with Crippen molar-refractivity contribution in [2.75, 3.05) is 12.3 Å². The number of amides is 1. The minimum atomic E-state index is -3.09. The van der Waals surface area contributed by atoms with E-state index in [1.54, 1.807) is 18.7 Å². The first-order valence-electron chi connectivity index (χ1n) is 7.41. The van der Waals surface area contributed by atoms with Crippen molar-refractivity contribution in [3.05, 3.63) is 48.0 Å². The van der Waals surface area contributed by atoms with E-state index >= 15 is 0 Å². The molecule has 0 aromatic heterocycles. The van der Waals surface area contributed by atoms with Crippen LogP contribution in [-0.2, 0) is 9.84 Å². The Hall–Kier alpha value is -1.88. The van der Waals surface area contributed by atoms with Crippen LogP contribution < -0.4 is 0 Å². The molecule has 4 nitrogen and oxygen atoms in total. The zero-order valence-corrected chi connectivity index (χ0v) is 13.5. The fourth-order valence-corrected chi connectivity index (χ4v) is 4.51. The molecule has 1 amide bonds. The molecule has 116 valence electrons. The summed E-state index contributed by atoms with van der Waals surface area (Å²) in [6.07, 6.45) is 0. The van der Waals surface area contributed by atoms with Gasteiger partial charge in [-0.05, 0) is 36.8 Å². The lowest BCUT2D eigenvalue weighted by molar-refractivity contribution is 0.0693. The van der Waals surface area contributed by atoms with Crippen molar-refractivity contribution in [1.82, 2.24) is 4.90 Å². The number of fused-ring (bicyclic) bond motifs is 1. The molecular formula is C17H19NO3S. The highest BCUT2D eigenvalue weighted by molar-refractivity contribution is 7.92. The average Bonchev–Trinajstić information content (AvgIpc) is 2.52. The van der Waals surface area contributed by atoms with Crippen molar-refractivity contribution in [2.45, 2.75) is 25.1 Å². The molecule has 0 N–H and O–H groups in total. The lowest BCUT2D eigenvalue weighted by atomic mass is 10.1. The molecule has 0 spiro atoms. The maximum absolute atomic E-state index is 12.7. The maximum Gasteiger partial charge on any atom is 0.254 e. The molecule has 3 rings (SSSR count). The van der Waals surface area contributed by atoms with Gasteiger partial charge < -0.3 is 4.90 Å². The molecule has 1 aliphatic rings. The van der Waals surface area contributed by atoms with Crippen LogP contribution in [0.4, 0.5) is 0 Å². The molecule has 1 saturated heterocycles. The number of carbonyl (C=O) groups is 1. The van der Waals surface area contributed by atoms with Crippen LogP contribution >= 0.6 is 0 Å². The van der Waals surface area contributed by atoms with Gasteiger partial charge in [-0.25, -0.2) is 8.42 Å². The first-order chi connectivity index (χ1) is 10.4. The average molecular weight is 317 g/mol. The van der Waals surface area contributed by atoms with E-state index < -0.39 is 15.1 Å². The Morgan fingerprint density at radius 2 is 1.77 bits per heavy atom. The van der Waals surface area contributed by atoms with Crippen LogP contribution in [0, 0.1) is 0 Å². The first-order valence-corrected chi connectivity index (χ1v) is 9.13. The van der Waals surface area contributed by atoms with E-state index in [0.717, 1.165) is 10.8 Å². The lowest BCUT2D eigenvalue weighted by Crippen LogP contribution is -2.54. The summed E-state index contributed by atoms with van der Waals surface area (Å²) in [7, 11) is -3.09. The number of nitrogens with zero attached hydrogens (tertiary/aromatic N) is 1. The Morgan fingerprint density at radius 1 is 1.09 bits per heavy atom. The van der Waals surface area contributed by atoms with Crippen LogP contribution in [0.2, 0.25) is 0 Å². The third-order valence-electron chi connectivity index (χ3n) is 4.61. The fourth-order valence-electron chi connectivity index (χ4n) is 2.94. The largest absolute Gasteiger partial charge is 0.334 e. The summed E-state index contributed by atoms with van der Waals surface area (Å²) >= 11 is 0. The molecule has 1 heterocycles. The fraction of sp³-hybridized carbons (Fsp3) is 0.353. The maximum atomic E-state index is 12.7. The molecule has 2 aromatic carbocycles. The quantitative estimate of drug-likeness (QED) is 0.812. The van der Waals surface area contributed by atoms with Crippen LogP contribution in [0.5, 0.6) is 0 Å². The summed E-state index contributed by atoms with van der Waals surface area (Å²) in [5.41, 5.74) is 0.608. The first kappa shape index (κ1) is 15.0. The normalized spacial score (nSPS) is 24.4. The van der Waals surface area contributed by atoms with E-state index in [-0.39, 0.29) is 24.2 Å². The highest BCUT2D eigenvalue weighted by atomic mass is 32.2. The smallest absolute Gasteiger partial charge is 0.254 e. The van der Waals surface area contributed by atoms with E-state index in [4.69, 9.17) is 0 Å². The van der Waals surface area contributed by atoms with E-state index in [1.807, 2.05) is 42.5 Å². The van der Waals surface area contributed by atoms with E-state index in [0.29, 0.717) is 5.56 Å². The second kappa shape index (κ2) is 5.39. The van der Waals surface area contributed by atoms with Crippen molar-refractivity contribution in [3.8, 4) is 0 Å². The summed E-state index contributed by atoms with van der Waals surface area (Å²) in [5, 5.41) is 1.58. The number of benzene rings is 2. The Labute approximate surface area is 130 Å². The number of carbonyl (C=O) groups excluding carboxylic acids is 1. The summed E-state index contributed by atoms with van der Waals surface area (Å²) < 4.78 is 23.9. The van der Waals surface area contributed by atoms with Crippen molar-refractivity contribution in [2.24, 2.45) is 0 Å². The zero-order chi connectivity index (χ0) is 15.9. The number of hydrogen-bond donors (Lipinski definition) is 0. The van der Waals surface area contributed by atoms with Crippen molar-refractivity contribution >= 4 is 26.5 Å². The molecule has 22 heavy (non-hydrogen) atoms. The Morgan fingerprint density at radius 3 is 2.50 bits per heavy atom. The van der Waals surface area contributed by atoms with Gasteiger partial charge in [0, 0.05) is 18.2 Å². The van der Waals surface area contributed by atoms with E-state index in [9.17, 15) is 13.2 Å². The molecule has 1 aliphatic heterocycles. The van der Waals surface area contributed by atoms with Gasteiger partial charge in [0.1, 0.15) is 0 Å². The van der Waals surface area contributed by atoms with E-state index in [1.165, 1.54) is 0 Å². The topological polar surface area (TPSA) is 54.5 Å². The van der Waals surface area contributed by atoms with Crippen LogP contribution in [0.3, 0.4) is 0 Å². The van der Waals surface area contributed by atoms with Crippen LogP contribution in [0.25, 0.3) is 10.8 Å². The molecule has 0 saturated carbocycles. The summed E-state index contributed by atoms with van der Waals surface area (Å²) in [5.74, 6) is -0.0577. The third-order valence-corrected chi connectivity index (χ3v) is 6.89. The monoisotopic (exact) mass is 317 g/mol. The van der Waals surface area contributed by atoms with Gasteiger partial charge >= 0.3 is 0 Å². The summed E-state index contributed by atoms with van der Waals surface area (Å²) in [6, 6.07) is 13.2. The standard InChI is InChI=1S/C17H19NO3S/c1-12-13(2)22(20,21)10-9-18(12)17(19)16-8-7-14-5-3-4-6-15(14)11-16/h3-8,11-13H,9-10H2,1-2H3/t12-,13-/m0/s1. The van der Waals surface area contributed by atoms with Gasteiger partial charge in [-0.1, -0.05) is 30.3 Å². The van der Waals surface area contributed by atoms with E-state index in [2.05, 4.69) is 0 Å². The minimum Gasteiger partial charge on any atom is -0.334 e. The SMILES string of the molecule is C[C@H]1[C@H](C)S(=O)(=O)CCN1C(=O)c1ccc2ccccc2c1. The van der Waals surface area contributed by atoms with Crippen molar-refractivity contribution < 1.29 is 13.2 Å². The van der Waals surface area contributed by atoms with Gasteiger partial charge in [0.25, 0.3) is 5.91 Å². The van der Waals surface area contributed by atoms with Gasteiger partial charge in [-0.2, -0.15) is 0 Å². The predicted octanol–water partition coefficient (Wildman–Crippen LogP) is 2.49. The molecule has 0 bridgehead atoms. The molecule has 0 unspecified atom stereocenters. The van der Waals surface area contributed by atoms with Gasteiger partial charge in [-0.3, -0.25) is 4.79 Å². The molecule has 1 fully saturated rings. The second-order valence-electron chi connectivity index (χ2n) is 5.87. The third kappa shape index (κ3) is 2.50. The lowest BCUT2D eigenvalue weighted by Gasteiger charge is -2.37. The molecular weight excluding hydrogens is 298 g/mol. The number of rotatable bonds is 1. The number of hydrogen-bond acceptors (Lipinski definition) is 3. The van der Waals surface area contributed by atoms with Gasteiger partial charge in [-0.15, -0.1) is 0 Å². The molecule has 0 aliphatic carbocycles. The molecule has 0 radical (unpaired) electrons. The van der Waals surface area contributed by atoms with Crippen LogP contribution in [0.15, 0.2) is 42.5 Å². The molecule has 2 atom stereocenters. The second-order valence-corrected chi connectivity index (χ2v) is 8.35. The van der Waals surface area contributed by atoms with Crippen molar-refractivity contribution in [3.63, 3.8) is 0 Å². The summed E-state index contributed by atoms with van der Waals surface area (Å²) in [4.78, 5) is 14.4. The summed E-state index contributed by atoms with van der Waals surface area (Å²) in [6.45, 7) is 3.75. The van der Waals surface area contributed by atoms with Crippen molar-refractivity contribution in [1.29, 1.82) is 0 Å². The zero-order valence-electron chi connectivity index (χ0n) is 12.7. The highest BCUT2D eigenvalue weighted by Gasteiger charge is 2.38. The Bertz CT molecular complexity index is 829.